The molecule has 4 rings (SSSR count). The summed E-state index contributed by atoms with van der Waals surface area (Å²) in [5.74, 6) is 1.51. The van der Waals surface area contributed by atoms with Crippen molar-refractivity contribution in [2.24, 2.45) is 0 Å². The third kappa shape index (κ3) is 4.99. The second kappa shape index (κ2) is 9.82. The Labute approximate surface area is 194 Å². The van der Waals surface area contributed by atoms with E-state index in [1.807, 2.05) is 72.8 Å². The predicted octanol–water partition coefficient (Wildman–Crippen LogP) is 7.35. The van der Waals surface area contributed by atoms with Gasteiger partial charge in [0.05, 0.1) is 18.4 Å². The largest absolute Gasteiger partial charge is 0.497 e. The van der Waals surface area contributed by atoms with E-state index >= 15 is 0 Å². The van der Waals surface area contributed by atoms with Crippen molar-refractivity contribution >= 4 is 27.7 Å². The van der Waals surface area contributed by atoms with Gasteiger partial charge < -0.3 is 4.74 Å². The molecule has 5 heteroatoms. The van der Waals surface area contributed by atoms with E-state index in [1.165, 1.54) is 5.56 Å². The summed E-state index contributed by atoms with van der Waals surface area (Å²) in [6.07, 6.45) is 0. The van der Waals surface area contributed by atoms with Gasteiger partial charge in [-0.15, -0.1) is 11.8 Å². The molecule has 0 aliphatic rings. The zero-order valence-electron chi connectivity index (χ0n) is 16.9. The Balaban J connectivity index is 1.79. The summed E-state index contributed by atoms with van der Waals surface area (Å²) >= 11 is 5.06. The van der Waals surface area contributed by atoms with Crippen LogP contribution in [0.3, 0.4) is 0 Å². The Morgan fingerprint density at radius 3 is 2.29 bits per heavy atom. The van der Waals surface area contributed by atoms with E-state index in [2.05, 4.69) is 34.1 Å². The molecular weight excluding hydrogens is 468 g/mol. The third-order valence-corrected chi connectivity index (χ3v) is 6.43. The number of hydrogen-bond acceptors (Lipinski definition) is 4. The van der Waals surface area contributed by atoms with Crippen molar-refractivity contribution < 1.29 is 4.74 Å². The Bertz CT molecular complexity index is 1220. The van der Waals surface area contributed by atoms with Gasteiger partial charge in [-0.2, -0.15) is 5.26 Å². The van der Waals surface area contributed by atoms with E-state index in [0.29, 0.717) is 5.56 Å². The zero-order chi connectivity index (χ0) is 21.6. The van der Waals surface area contributed by atoms with Crippen LogP contribution in [0.25, 0.3) is 22.4 Å². The van der Waals surface area contributed by atoms with Gasteiger partial charge in [-0.1, -0.05) is 70.5 Å². The van der Waals surface area contributed by atoms with Crippen molar-refractivity contribution in [1.82, 2.24) is 4.98 Å². The minimum Gasteiger partial charge on any atom is -0.497 e. The average molecular weight is 487 g/mol. The smallest absolute Gasteiger partial charge is 0.118 e. The highest BCUT2D eigenvalue weighted by atomic mass is 79.9. The molecule has 0 amide bonds. The monoisotopic (exact) mass is 486 g/mol. The predicted molar refractivity (Wildman–Crippen MR) is 130 cm³/mol. The summed E-state index contributed by atoms with van der Waals surface area (Å²) < 4.78 is 6.34. The van der Waals surface area contributed by atoms with Gasteiger partial charge in [-0.3, -0.25) is 0 Å². The summed E-state index contributed by atoms with van der Waals surface area (Å²) in [7, 11) is 1.65. The van der Waals surface area contributed by atoms with Gasteiger partial charge in [0, 0.05) is 21.4 Å². The lowest BCUT2D eigenvalue weighted by Crippen LogP contribution is -1.96. The lowest BCUT2D eigenvalue weighted by Gasteiger charge is -2.13. The van der Waals surface area contributed by atoms with Crippen molar-refractivity contribution in [3.8, 4) is 34.2 Å². The second-order valence-electron chi connectivity index (χ2n) is 6.86. The van der Waals surface area contributed by atoms with Crippen molar-refractivity contribution in [2.45, 2.75) is 10.8 Å². The van der Waals surface area contributed by atoms with E-state index in [1.54, 1.807) is 18.9 Å². The summed E-state index contributed by atoms with van der Waals surface area (Å²) in [5.41, 5.74) is 5.47. The standard InChI is InChI=1S/C26H19BrN2OS/c1-30-22-13-9-19(10-14-22)23-15-25(20-5-3-2-4-6-20)29-26(24(23)16-28)31-17-18-7-11-21(27)12-8-18/h2-15H,17H2,1H3. The number of pyridine rings is 1. The van der Waals surface area contributed by atoms with Crippen LogP contribution < -0.4 is 4.74 Å². The Morgan fingerprint density at radius 1 is 0.935 bits per heavy atom. The summed E-state index contributed by atoms with van der Waals surface area (Å²) in [6.45, 7) is 0. The van der Waals surface area contributed by atoms with Crippen LogP contribution in [0.15, 0.2) is 94.4 Å². The first-order chi connectivity index (χ1) is 15.2. The molecule has 0 spiro atoms. The molecule has 31 heavy (non-hydrogen) atoms. The zero-order valence-corrected chi connectivity index (χ0v) is 19.3. The fourth-order valence-corrected chi connectivity index (χ4v) is 4.44. The molecule has 0 atom stereocenters. The lowest BCUT2D eigenvalue weighted by molar-refractivity contribution is 0.415. The Hall–Kier alpha value is -3.07. The van der Waals surface area contributed by atoms with Crippen molar-refractivity contribution in [1.29, 1.82) is 5.26 Å². The fourth-order valence-electron chi connectivity index (χ4n) is 3.22. The number of benzene rings is 3. The molecule has 152 valence electrons. The van der Waals surface area contributed by atoms with E-state index in [0.717, 1.165) is 43.4 Å². The summed E-state index contributed by atoms with van der Waals surface area (Å²) in [5, 5.41) is 10.8. The fraction of sp³-hybridized carbons (Fsp3) is 0.0769. The number of nitriles is 1. The van der Waals surface area contributed by atoms with Crippen LogP contribution in [0.4, 0.5) is 0 Å². The lowest BCUT2D eigenvalue weighted by atomic mass is 9.99. The molecule has 1 heterocycles. The van der Waals surface area contributed by atoms with Gasteiger partial charge in [0.15, 0.2) is 0 Å². The van der Waals surface area contributed by atoms with Crippen LogP contribution in [0.2, 0.25) is 0 Å². The van der Waals surface area contributed by atoms with Crippen LogP contribution >= 0.6 is 27.7 Å². The SMILES string of the molecule is COc1ccc(-c2cc(-c3ccccc3)nc(SCc3ccc(Br)cc3)c2C#N)cc1. The number of rotatable bonds is 6. The van der Waals surface area contributed by atoms with Gasteiger partial charge in [-0.05, 0) is 41.5 Å². The van der Waals surface area contributed by atoms with Gasteiger partial charge >= 0.3 is 0 Å². The van der Waals surface area contributed by atoms with Gasteiger partial charge in [0.2, 0.25) is 0 Å². The van der Waals surface area contributed by atoms with E-state index < -0.39 is 0 Å². The molecule has 1 aromatic heterocycles. The molecule has 0 saturated heterocycles. The first kappa shape index (κ1) is 21.2. The highest BCUT2D eigenvalue weighted by Gasteiger charge is 2.16. The molecule has 0 radical (unpaired) electrons. The maximum Gasteiger partial charge on any atom is 0.118 e. The summed E-state index contributed by atoms with van der Waals surface area (Å²) in [6, 6.07) is 30.4. The minimum absolute atomic E-state index is 0.590. The van der Waals surface area contributed by atoms with Crippen molar-refractivity contribution in [3.63, 3.8) is 0 Å². The minimum atomic E-state index is 0.590. The van der Waals surface area contributed by atoms with Gasteiger partial charge in [-0.25, -0.2) is 4.98 Å². The molecule has 0 fully saturated rings. The molecule has 0 aliphatic carbocycles. The molecule has 0 bridgehead atoms. The molecule has 0 aliphatic heterocycles. The van der Waals surface area contributed by atoms with Crippen LogP contribution in [-0.4, -0.2) is 12.1 Å². The summed E-state index contributed by atoms with van der Waals surface area (Å²) in [4.78, 5) is 4.87. The number of halogens is 1. The van der Waals surface area contributed by atoms with Crippen LogP contribution in [-0.2, 0) is 5.75 Å². The first-order valence-corrected chi connectivity index (χ1v) is 11.5. The normalized spacial score (nSPS) is 10.5. The van der Waals surface area contributed by atoms with Gasteiger partial charge in [0.1, 0.15) is 16.8 Å². The Kier molecular flexibility index (Phi) is 6.71. The topological polar surface area (TPSA) is 45.9 Å². The quantitative estimate of drug-likeness (QED) is 0.267. The molecule has 0 unspecified atom stereocenters. The number of ether oxygens (including phenoxy) is 1. The van der Waals surface area contributed by atoms with Gasteiger partial charge in [0.25, 0.3) is 0 Å². The maximum atomic E-state index is 10.0. The highest BCUT2D eigenvalue weighted by molar-refractivity contribution is 9.10. The molecule has 3 aromatic carbocycles. The maximum absolute atomic E-state index is 10.0. The second-order valence-corrected chi connectivity index (χ2v) is 8.74. The van der Waals surface area contributed by atoms with Crippen LogP contribution in [0.5, 0.6) is 5.75 Å². The number of methoxy groups -OCH3 is 1. The van der Waals surface area contributed by atoms with E-state index in [-0.39, 0.29) is 0 Å². The van der Waals surface area contributed by atoms with Crippen LogP contribution in [0.1, 0.15) is 11.1 Å². The number of nitrogens with zero attached hydrogens (tertiary/aromatic N) is 2. The van der Waals surface area contributed by atoms with Crippen molar-refractivity contribution in [3.05, 3.63) is 101 Å². The molecule has 0 N–H and O–H groups in total. The average Bonchev–Trinajstić information content (AvgIpc) is 2.83. The molecular formula is C26H19BrN2OS. The number of aromatic nitrogens is 1. The van der Waals surface area contributed by atoms with E-state index in [4.69, 9.17) is 9.72 Å². The van der Waals surface area contributed by atoms with E-state index in [9.17, 15) is 5.26 Å². The number of hydrogen-bond donors (Lipinski definition) is 0. The number of thioether (sulfide) groups is 1. The molecule has 4 aromatic rings. The molecule has 3 nitrogen and oxygen atoms in total. The highest BCUT2D eigenvalue weighted by Crippen LogP contribution is 2.36. The van der Waals surface area contributed by atoms with Crippen LogP contribution in [0, 0.1) is 11.3 Å². The van der Waals surface area contributed by atoms with Crippen molar-refractivity contribution in [2.75, 3.05) is 7.11 Å². The Morgan fingerprint density at radius 2 is 1.65 bits per heavy atom. The molecule has 0 saturated carbocycles. The third-order valence-electron chi connectivity index (χ3n) is 4.86. The first-order valence-electron chi connectivity index (χ1n) is 9.70.